The molecular formula is C11H17N3O. The summed E-state index contributed by atoms with van der Waals surface area (Å²) in [6.07, 6.45) is 1.75. The SMILES string of the molecule is CC1CN(c2ncccc2N)CC1CO. The van der Waals surface area contributed by atoms with Gasteiger partial charge in [0.2, 0.25) is 0 Å². The van der Waals surface area contributed by atoms with E-state index >= 15 is 0 Å². The Bertz CT molecular complexity index is 342. The molecule has 0 spiro atoms. The number of anilines is 2. The lowest BCUT2D eigenvalue weighted by Crippen LogP contribution is -2.22. The van der Waals surface area contributed by atoms with E-state index in [-0.39, 0.29) is 6.61 Å². The summed E-state index contributed by atoms with van der Waals surface area (Å²) in [6, 6.07) is 3.70. The zero-order valence-corrected chi connectivity index (χ0v) is 8.93. The molecule has 3 N–H and O–H groups in total. The van der Waals surface area contributed by atoms with Gasteiger partial charge in [-0.05, 0) is 18.1 Å². The lowest BCUT2D eigenvalue weighted by Gasteiger charge is -2.18. The molecule has 2 heterocycles. The van der Waals surface area contributed by atoms with E-state index in [0.717, 1.165) is 18.9 Å². The van der Waals surface area contributed by atoms with Crippen LogP contribution in [0.4, 0.5) is 11.5 Å². The first-order valence-corrected chi connectivity index (χ1v) is 5.28. The Balaban J connectivity index is 2.17. The third-order valence-electron chi connectivity index (χ3n) is 3.12. The second kappa shape index (κ2) is 4.06. The van der Waals surface area contributed by atoms with Crippen molar-refractivity contribution >= 4 is 11.5 Å². The van der Waals surface area contributed by atoms with E-state index in [1.54, 1.807) is 6.20 Å². The number of nitrogen functional groups attached to an aromatic ring is 1. The van der Waals surface area contributed by atoms with E-state index in [1.165, 1.54) is 0 Å². The highest BCUT2D eigenvalue weighted by Crippen LogP contribution is 2.29. The molecule has 15 heavy (non-hydrogen) atoms. The summed E-state index contributed by atoms with van der Waals surface area (Å²) in [7, 11) is 0. The van der Waals surface area contributed by atoms with E-state index in [0.29, 0.717) is 17.5 Å². The van der Waals surface area contributed by atoms with Gasteiger partial charge in [-0.3, -0.25) is 0 Å². The molecule has 0 amide bonds. The number of hydrogen-bond donors (Lipinski definition) is 2. The molecule has 0 saturated carbocycles. The van der Waals surface area contributed by atoms with Gasteiger partial charge in [-0.2, -0.15) is 0 Å². The average molecular weight is 207 g/mol. The Kier molecular flexibility index (Phi) is 2.77. The van der Waals surface area contributed by atoms with Gasteiger partial charge in [-0.25, -0.2) is 4.98 Å². The second-order valence-electron chi connectivity index (χ2n) is 4.24. The minimum Gasteiger partial charge on any atom is -0.396 e. The van der Waals surface area contributed by atoms with Crippen molar-refractivity contribution < 1.29 is 5.11 Å². The fourth-order valence-corrected chi connectivity index (χ4v) is 2.12. The molecule has 1 fully saturated rings. The highest BCUT2D eigenvalue weighted by molar-refractivity contribution is 5.62. The first-order valence-electron chi connectivity index (χ1n) is 5.28. The molecular weight excluding hydrogens is 190 g/mol. The maximum atomic E-state index is 9.19. The van der Waals surface area contributed by atoms with Crippen LogP contribution in [0.2, 0.25) is 0 Å². The normalized spacial score (nSPS) is 25.9. The van der Waals surface area contributed by atoms with Crippen molar-refractivity contribution in [3.05, 3.63) is 18.3 Å². The zero-order valence-electron chi connectivity index (χ0n) is 8.93. The third kappa shape index (κ3) is 1.90. The number of aliphatic hydroxyl groups is 1. The maximum absolute atomic E-state index is 9.19. The van der Waals surface area contributed by atoms with Crippen LogP contribution in [0.3, 0.4) is 0 Å². The van der Waals surface area contributed by atoms with Crippen molar-refractivity contribution in [3.8, 4) is 0 Å². The Morgan fingerprint density at radius 2 is 2.40 bits per heavy atom. The Morgan fingerprint density at radius 3 is 3.00 bits per heavy atom. The third-order valence-corrected chi connectivity index (χ3v) is 3.12. The van der Waals surface area contributed by atoms with Gasteiger partial charge in [-0.1, -0.05) is 6.92 Å². The molecule has 82 valence electrons. The molecule has 1 aromatic heterocycles. The van der Waals surface area contributed by atoms with Gasteiger partial charge < -0.3 is 15.7 Å². The first kappa shape index (κ1) is 10.2. The molecule has 4 heteroatoms. The minimum absolute atomic E-state index is 0.240. The quantitative estimate of drug-likeness (QED) is 0.750. The fraction of sp³-hybridized carbons (Fsp3) is 0.545. The van der Waals surface area contributed by atoms with Crippen LogP contribution in [0.25, 0.3) is 0 Å². The van der Waals surface area contributed by atoms with Crippen LogP contribution in [0.5, 0.6) is 0 Å². The molecule has 0 radical (unpaired) electrons. The largest absolute Gasteiger partial charge is 0.396 e. The molecule has 2 rings (SSSR count). The Labute approximate surface area is 89.7 Å². The van der Waals surface area contributed by atoms with Crippen molar-refractivity contribution in [3.63, 3.8) is 0 Å². The molecule has 1 aliphatic heterocycles. The number of pyridine rings is 1. The number of aromatic nitrogens is 1. The van der Waals surface area contributed by atoms with E-state index in [9.17, 15) is 5.11 Å². The van der Waals surface area contributed by atoms with Gasteiger partial charge >= 0.3 is 0 Å². The molecule has 0 aromatic carbocycles. The van der Waals surface area contributed by atoms with Crippen LogP contribution < -0.4 is 10.6 Å². The molecule has 1 aliphatic rings. The molecule has 2 unspecified atom stereocenters. The summed E-state index contributed by atoms with van der Waals surface area (Å²) in [5.74, 6) is 1.68. The minimum atomic E-state index is 0.240. The molecule has 0 bridgehead atoms. The fourth-order valence-electron chi connectivity index (χ4n) is 2.12. The van der Waals surface area contributed by atoms with Crippen LogP contribution in [0.15, 0.2) is 18.3 Å². The van der Waals surface area contributed by atoms with E-state index in [4.69, 9.17) is 5.73 Å². The Morgan fingerprint density at radius 1 is 1.60 bits per heavy atom. The number of nitrogens with two attached hydrogens (primary N) is 1. The monoisotopic (exact) mass is 207 g/mol. The Hall–Kier alpha value is -1.29. The lowest BCUT2D eigenvalue weighted by molar-refractivity contribution is 0.212. The highest BCUT2D eigenvalue weighted by Gasteiger charge is 2.30. The lowest BCUT2D eigenvalue weighted by atomic mass is 10.00. The predicted molar refractivity (Wildman–Crippen MR) is 60.6 cm³/mol. The van der Waals surface area contributed by atoms with Crippen LogP contribution in [-0.4, -0.2) is 29.8 Å². The molecule has 1 aromatic rings. The maximum Gasteiger partial charge on any atom is 0.151 e. The highest BCUT2D eigenvalue weighted by atomic mass is 16.3. The van der Waals surface area contributed by atoms with Crippen LogP contribution in [0.1, 0.15) is 6.92 Å². The van der Waals surface area contributed by atoms with Crippen LogP contribution >= 0.6 is 0 Å². The van der Waals surface area contributed by atoms with Crippen LogP contribution in [-0.2, 0) is 0 Å². The average Bonchev–Trinajstić information content (AvgIpc) is 2.60. The summed E-state index contributed by atoms with van der Waals surface area (Å²) in [5, 5.41) is 9.19. The van der Waals surface area contributed by atoms with Gasteiger partial charge in [0.1, 0.15) is 0 Å². The van der Waals surface area contributed by atoms with E-state index in [1.807, 2.05) is 12.1 Å². The van der Waals surface area contributed by atoms with Gasteiger partial charge in [0.05, 0.1) is 5.69 Å². The van der Waals surface area contributed by atoms with Gasteiger partial charge in [-0.15, -0.1) is 0 Å². The van der Waals surface area contributed by atoms with E-state index in [2.05, 4.69) is 16.8 Å². The summed E-state index contributed by atoms with van der Waals surface area (Å²) in [5.41, 5.74) is 6.58. The molecule has 0 aliphatic carbocycles. The van der Waals surface area contributed by atoms with Gasteiger partial charge in [0.15, 0.2) is 5.82 Å². The van der Waals surface area contributed by atoms with Crippen molar-refractivity contribution in [2.75, 3.05) is 30.3 Å². The summed E-state index contributed by atoms with van der Waals surface area (Å²) < 4.78 is 0. The predicted octanol–water partition coefficient (Wildman–Crippen LogP) is 0.728. The van der Waals surface area contributed by atoms with Crippen LogP contribution in [0, 0.1) is 11.8 Å². The van der Waals surface area contributed by atoms with E-state index < -0.39 is 0 Å². The van der Waals surface area contributed by atoms with Gasteiger partial charge in [0.25, 0.3) is 0 Å². The summed E-state index contributed by atoms with van der Waals surface area (Å²) in [4.78, 5) is 6.44. The smallest absolute Gasteiger partial charge is 0.151 e. The molecule has 4 nitrogen and oxygen atoms in total. The van der Waals surface area contributed by atoms with Crippen molar-refractivity contribution in [2.24, 2.45) is 11.8 Å². The molecule has 2 atom stereocenters. The standard InChI is InChI=1S/C11H17N3O/c1-8-5-14(6-9(8)7-15)11-10(12)3-2-4-13-11/h2-4,8-9,15H,5-7,12H2,1H3. The number of nitrogens with zero attached hydrogens (tertiary/aromatic N) is 2. The molecule has 1 saturated heterocycles. The first-order chi connectivity index (χ1) is 7.22. The topological polar surface area (TPSA) is 62.4 Å². The zero-order chi connectivity index (χ0) is 10.8. The van der Waals surface area contributed by atoms with Crippen molar-refractivity contribution in [1.29, 1.82) is 0 Å². The summed E-state index contributed by atoms with van der Waals surface area (Å²) in [6.45, 7) is 4.16. The second-order valence-corrected chi connectivity index (χ2v) is 4.24. The number of aliphatic hydroxyl groups excluding tert-OH is 1. The number of rotatable bonds is 2. The van der Waals surface area contributed by atoms with Gasteiger partial charge in [0, 0.05) is 31.8 Å². The van der Waals surface area contributed by atoms with Crippen molar-refractivity contribution in [1.82, 2.24) is 4.98 Å². The van der Waals surface area contributed by atoms with Crippen molar-refractivity contribution in [2.45, 2.75) is 6.92 Å². The number of hydrogen-bond acceptors (Lipinski definition) is 4. The summed E-state index contributed by atoms with van der Waals surface area (Å²) >= 11 is 0.